The van der Waals surface area contributed by atoms with E-state index in [-0.39, 0.29) is 5.91 Å². The van der Waals surface area contributed by atoms with Crippen molar-refractivity contribution < 1.29 is 17.1 Å². The molecule has 0 aliphatic carbocycles. The van der Waals surface area contributed by atoms with E-state index < -0.39 is 15.1 Å². The Morgan fingerprint density at radius 2 is 2.17 bits per heavy atom. The van der Waals surface area contributed by atoms with Gasteiger partial charge in [0.05, 0.1) is 0 Å². The summed E-state index contributed by atoms with van der Waals surface area (Å²) in [5.74, 6) is -0.0793. The van der Waals surface area contributed by atoms with Gasteiger partial charge in [0, 0.05) is 18.7 Å². The molecule has 0 N–H and O–H groups in total. The Morgan fingerprint density at radius 3 is 2.78 bits per heavy atom. The molecule has 1 aromatic carbocycles. The van der Waals surface area contributed by atoms with Crippen LogP contribution in [0.3, 0.4) is 0 Å². The number of aryl methyl sites for hydroxylation is 1. The average Bonchev–Trinajstić information content (AvgIpc) is 2.35. The van der Waals surface area contributed by atoms with E-state index in [0.717, 1.165) is 18.4 Å². The van der Waals surface area contributed by atoms with Gasteiger partial charge in [0.2, 0.25) is 5.91 Å². The first kappa shape index (κ1) is 13.0. The molecule has 0 saturated heterocycles. The number of hydrogen-bond donors (Lipinski definition) is 0. The third-order valence-corrected chi connectivity index (χ3v) is 3.88. The van der Waals surface area contributed by atoms with Gasteiger partial charge in [0.25, 0.3) is 0 Å². The molecule has 1 heterocycles. The highest BCUT2D eigenvalue weighted by atomic mass is 32.3. The zero-order valence-corrected chi connectivity index (χ0v) is 10.8. The average molecular weight is 271 g/mol. The molecule has 0 fully saturated rings. The van der Waals surface area contributed by atoms with E-state index in [1.807, 2.05) is 0 Å². The zero-order valence-electron chi connectivity index (χ0n) is 10.0. The van der Waals surface area contributed by atoms with E-state index in [9.17, 15) is 17.1 Å². The van der Waals surface area contributed by atoms with Crippen LogP contribution in [0.4, 0.5) is 9.57 Å². The summed E-state index contributed by atoms with van der Waals surface area (Å²) < 4.78 is 34.8. The minimum atomic E-state index is -4.73. The van der Waals surface area contributed by atoms with Gasteiger partial charge in [0.15, 0.2) is 0 Å². The molecule has 0 radical (unpaired) electrons. The first-order chi connectivity index (χ1) is 8.43. The van der Waals surface area contributed by atoms with E-state index in [0.29, 0.717) is 18.7 Å². The highest BCUT2D eigenvalue weighted by Gasteiger charge is 2.24. The van der Waals surface area contributed by atoms with Gasteiger partial charge < -0.3 is 4.90 Å². The molecule has 98 valence electrons. The molecular weight excluding hydrogens is 257 g/mol. The number of carbonyl (C=O) groups excluding carboxylic acids is 1. The molecule has 2 rings (SSSR count). The largest absolute Gasteiger partial charge is 0.332 e. The smallest absolute Gasteiger partial charge is 0.312 e. The molecule has 4 nitrogen and oxygen atoms in total. The van der Waals surface area contributed by atoms with Crippen LogP contribution < -0.4 is 4.90 Å². The van der Waals surface area contributed by atoms with Gasteiger partial charge in [-0.15, -0.1) is 3.89 Å². The molecule has 1 aliphatic rings. The summed E-state index contributed by atoms with van der Waals surface area (Å²) in [5.41, 5.74) is 1.40. The molecule has 0 atom stereocenters. The highest BCUT2D eigenvalue weighted by molar-refractivity contribution is 7.86. The maximum absolute atomic E-state index is 13.0. The number of fused-ring (bicyclic) bond motifs is 1. The molecule has 18 heavy (non-hydrogen) atoms. The zero-order chi connectivity index (χ0) is 13.3. The molecule has 0 bridgehead atoms. The van der Waals surface area contributed by atoms with Gasteiger partial charge in [0.1, 0.15) is 4.90 Å². The van der Waals surface area contributed by atoms with Gasteiger partial charge in [-0.05, 0) is 30.5 Å². The van der Waals surface area contributed by atoms with Crippen LogP contribution in [-0.2, 0) is 21.4 Å². The van der Waals surface area contributed by atoms with E-state index in [4.69, 9.17) is 0 Å². The lowest BCUT2D eigenvalue weighted by molar-refractivity contribution is -0.118. The maximum atomic E-state index is 13.0. The second-order valence-corrected chi connectivity index (χ2v) is 5.58. The lowest BCUT2D eigenvalue weighted by atomic mass is 10.0. The summed E-state index contributed by atoms with van der Waals surface area (Å²) in [6.45, 7) is 2.29. The van der Waals surface area contributed by atoms with Crippen molar-refractivity contribution >= 4 is 21.8 Å². The van der Waals surface area contributed by atoms with Crippen LogP contribution in [0, 0.1) is 0 Å². The van der Waals surface area contributed by atoms with Crippen molar-refractivity contribution in [3.8, 4) is 0 Å². The predicted molar refractivity (Wildman–Crippen MR) is 65.7 cm³/mol. The Morgan fingerprint density at radius 1 is 1.44 bits per heavy atom. The number of halogens is 1. The minimum absolute atomic E-state index is 0.0793. The van der Waals surface area contributed by atoms with Crippen molar-refractivity contribution in [3.05, 3.63) is 23.8 Å². The van der Waals surface area contributed by atoms with Crippen molar-refractivity contribution in [2.24, 2.45) is 0 Å². The van der Waals surface area contributed by atoms with Gasteiger partial charge in [-0.3, -0.25) is 4.79 Å². The Bertz CT molecular complexity index is 583. The van der Waals surface area contributed by atoms with Crippen LogP contribution in [0.15, 0.2) is 23.1 Å². The Balaban J connectivity index is 2.51. The van der Waals surface area contributed by atoms with Crippen LogP contribution in [0.2, 0.25) is 0 Å². The van der Waals surface area contributed by atoms with E-state index in [1.54, 1.807) is 13.0 Å². The number of amides is 1. The highest BCUT2D eigenvalue weighted by Crippen LogP contribution is 2.30. The number of rotatable bonds is 2. The van der Waals surface area contributed by atoms with Gasteiger partial charge in [-0.25, -0.2) is 0 Å². The van der Waals surface area contributed by atoms with Crippen molar-refractivity contribution in [3.63, 3.8) is 0 Å². The summed E-state index contributed by atoms with van der Waals surface area (Å²) in [4.78, 5) is 12.9. The molecule has 1 amide bonds. The SMILES string of the molecule is CCC(=O)N1CCCc2ccc(S(=O)(=O)F)cc21. The Labute approximate surface area is 106 Å². The second-order valence-electron chi connectivity index (χ2n) is 4.23. The number of carbonyl (C=O) groups is 1. The molecular formula is C12H14FNO3S. The summed E-state index contributed by atoms with van der Waals surface area (Å²) in [5, 5.41) is 0. The maximum Gasteiger partial charge on any atom is 0.332 e. The fourth-order valence-electron chi connectivity index (χ4n) is 2.16. The van der Waals surface area contributed by atoms with Crippen LogP contribution in [-0.4, -0.2) is 20.9 Å². The van der Waals surface area contributed by atoms with Gasteiger partial charge in [-0.1, -0.05) is 13.0 Å². The molecule has 1 aromatic rings. The molecule has 0 spiro atoms. The van der Waals surface area contributed by atoms with Gasteiger partial charge in [-0.2, -0.15) is 8.42 Å². The second kappa shape index (κ2) is 4.68. The summed E-state index contributed by atoms with van der Waals surface area (Å²) >= 11 is 0. The lowest BCUT2D eigenvalue weighted by Crippen LogP contribution is -2.35. The molecule has 6 heteroatoms. The standard InChI is InChI=1S/C12H14FNO3S/c1-2-12(15)14-7-3-4-9-5-6-10(8-11(9)14)18(13,16)17/h5-6,8H,2-4,7H2,1H3. The van der Waals surface area contributed by atoms with E-state index >= 15 is 0 Å². The first-order valence-corrected chi connectivity index (χ1v) is 7.20. The third kappa shape index (κ3) is 2.38. The lowest BCUT2D eigenvalue weighted by Gasteiger charge is -2.29. The van der Waals surface area contributed by atoms with Crippen LogP contribution in [0.1, 0.15) is 25.3 Å². The Kier molecular flexibility index (Phi) is 3.38. The number of nitrogens with zero attached hydrogens (tertiary/aromatic N) is 1. The minimum Gasteiger partial charge on any atom is -0.312 e. The summed E-state index contributed by atoms with van der Waals surface area (Å²) in [7, 11) is -4.73. The predicted octanol–water partition coefficient (Wildman–Crippen LogP) is 2.03. The fraction of sp³-hybridized carbons (Fsp3) is 0.417. The monoisotopic (exact) mass is 271 g/mol. The normalized spacial score (nSPS) is 15.3. The van der Waals surface area contributed by atoms with Crippen LogP contribution in [0.5, 0.6) is 0 Å². The van der Waals surface area contributed by atoms with Crippen LogP contribution in [0.25, 0.3) is 0 Å². The first-order valence-electron chi connectivity index (χ1n) is 5.81. The third-order valence-electron chi connectivity index (χ3n) is 3.06. The fourth-order valence-corrected chi connectivity index (χ4v) is 2.64. The molecule has 0 aromatic heterocycles. The molecule has 0 unspecified atom stereocenters. The number of hydrogen-bond acceptors (Lipinski definition) is 3. The van der Waals surface area contributed by atoms with Gasteiger partial charge >= 0.3 is 10.2 Å². The Hall–Kier alpha value is -1.43. The van der Waals surface area contributed by atoms with Crippen molar-refractivity contribution in [1.29, 1.82) is 0 Å². The molecule has 0 saturated carbocycles. The van der Waals surface area contributed by atoms with E-state index in [1.165, 1.54) is 17.0 Å². The topological polar surface area (TPSA) is 54.5 Å². The van der Waals surface area contributed by atoms with Crippen molar-refractivity contribution in [1.82, 2.24) is 0 Å². The quantitative estimate of drug-likeness (QED) is 0.773. The van der Waals surface area contributed by atoms with E-state index in [2.05, 4.69) is 0 Å². The number of anilines is 1. The van der Waals surface area contributed by atoms with Crippen molar-refractivity contribution in [2.45, 2.75) is 31.1 Å². The summed E-state index contributed by atoms with van der Waals surface area (Å²) in [6.07, 6.45) is 1.95. The van der Waals surface area contributed by atoms with Crippen molar-refractivity contribution in [2.75, 3.05) is 11.4 Å². The number of benzene rings is 1. The van der Waals surface area contributed by atoms with Crippen LogP contribution >= 0.6 is 0 Å². The molecule has 1 aliphatic heterocycles. The summed E-state index contributed by atoms with van der Waals surface area (Å²) in [6, 6.07) is 4.07.